The van der Waals surface area contributed by atoms with Gasteiger partial charge in [0, 0.05) is 27.4 Å². The summed E-state index contributed by atoms with van der Waals surface area (Å²) in [5.74, 6) is 0.606. The monoisotopic (exact) mass is 663 g/mol. The van der Waals surface area contributed by atoms with Crippen LogP contribution in [0.3, 0.4) is 0 Å². The quantitative estimate of drug-likeness (QED) is 0.188. The molecule has 3 heterocycles. The molecule has 0 fully saturated rings. The minimum absolute atomic E-state index is 0.275. The third kappa shape index (κ3) is 4.09. The number of sulfonamides is 1. The molecule has 2 aromatic heterocycles. The third-order valence-electron chi connectivity index (χ3n) is 9.83. The highest BCUT2D eigenvalue weighted by molar-refractivity contribution is 7.93. The van der Waals surface area contributed by atoms with Gasteiger partial charge in [-0.2, -0.15) is 0 Å². The maximum Gasteiger partial charge on any atom is 0.271 e. The normalized spacial score (nSPS) is 13.5. The van der Waals surface area contributed by atoms with Crippen molar-refractivity contribution >= 4 is 54.2 Å². The highest BCUT2D eigenvalue weighted by Crippen LogP contribution is 2.51. The van der Waals surface area contributed by atoms with E-state index < -0.39 is 10.0 Å². The summed E-state index contributed by atoms with van der Waals surface area (Å²) in [6.07, 6.45) is 0. The number of aromatic nitrogens is 2. The molecule has 7 aromatic carbocycles. The van der Waals surface area contributed by atoms with E-state index >= 15 is 0 Å². The van der Waals surface area contributed by atoms with Gasteiger partial charge in [0.15, 0.2) is 0 Å². The van der Waals surface area contributed by atoms with Crippen LogP contribution in [0.4, 0.5) is 11.5 Å². The van der Waals surface area contributed by atoms with E-state index in [0.717, 1.165) is 49.9 Å². The molecule has 0 amide bonds. The number of hydrogen-bond donors (Lipinski definition) is 0. The number of benzene rings is 7. The number of nitrogens with zero attached hydrogens (tertiary/aromatic N) is 3. The number of hydrogen-bond acceptors (Lipinski definition) is 2. The molecule has 0 spiro atoms. The lowest BCUT2D eigenvalue weighted by Crippen LogP contribution is -2.33. The van der Waals surface area contributed by atoms with Crippen LogP contribution >= 0.6 is 0 Å². The van der Waals surface area contributed by atoms with Gasteiger partial charge < -0.3 is 4.57 Å². The molecule has 238 valence electrons. The Balaban J connectivity index is 1.27. The van der Waals surface area contributed by atoms with E-state index in [1.165, 1.54) is 15.1 Å². The Morgan fingerprint density at radius 3 is 1.66 bits per heavy atom. The van der Waals surface area contributed by atoms with Crippen LogP contribution in [0.1, 0.15) is 0 Å². The minimum atomic E-state index is -3.95. The van der Waals surface area contributed by atoms with E-state index in [4.69, 9.17) is 0 Å². The zero-order chi connectivity index (χ0) is 33.4. The first kappa shape index (κ1) is 28.6. The highest BCUT2D eigenvalue weighted by atomic mass is 32.2. The second-order valence-electron chi connectivity index (χ2n) is 12.6. The van der Waals surface area contributed by atoms with E-state index in [0.29, 0.717) is 17.2 Å². The number of anilines is 2. The summed E-state index contributed by atoms with van der Waals surface area (Å²) in [4.78, 5) is 0.275. The van der Waals surface area contributed by atoms with Crippen LogP contribution in [0.5, 0.6) is 0 Å². The minimum Gasteiger partial charge on any atom is -0.309 e. The molecule has 6 heteroatoms. The van der Waals surface area contributed by atoms with Crippen LogP contribution in [-0.2, 0) is 10.0 Å². The van der Waals surface area contributed by atoms with Gasteiger partial charge in [0.05, 0.1) is 27.9 Å². The van der Waals surface area contributed by atoms with Crippen LogP contribution in [0.25, 0.3) is 66.3 Å². The standard InChI is InChI=1S/C44H29N3O2S/c48-50(49)42-23-13-12-22-41(42)46-40-27-25-32(29-37(40)43(30-14-4-1-5-15-30)44(46)47(50)34-18-8-3-9-19-34)31-24-26-39-36(28-31)35-20-10-11-21-38(35)45(39)33-16-6-2-7-17-33/h1-29H. The van der Waals surface area contributed by atoms with Gasteiger partial charge in [-0.3, -0.25) is 4.57 Å². The van der Waals surface area contributed by atoms with Gasteiger partial charge in [-0.15, -0.1) is 0 Å². The van der Waals surface area contributed by atoms with Crippen LogP contribution < -0.4 is 4.31 Å². The predicted octanol–water partition coefficient (Wildman–Crippen LogP) is 10.9. The Hall–Kier alpha value is -6.37. The molecule has 5 nitrogen and oxygen atoms in total. The van der Waals surface area contributed by atoms with Crippen molar-refractivity contribution in [2.45, 2.75) is 4.90 Å². The van der Waals surface area contributed by atoms with E-state index in [9.17, 15) is 8.42 Å². The van der Waals surface area contributed by atoms with Gasteiger partial charge in [-0.1, -0.05) is 109 Å². The van der Waals surface area contributed by atoms with Gasteiger partial charge in [-0.25, -0.2) is 12.7 Å². The van der Waals surface area contributed by atoms with Crippen LogP contribution in [0, 0.1) is 0 Å². The summed E-state index contributed by atoms with van der Waals surface area (Å²) in [6.45, 7) is 0. The molecule has 50 heavy (non-hydrogen) atoms. The fraction of sp³-hybridized carbons (Fsp3) is 0. The highest BCUT2D eigenvalue weighted by Gasteiger charge is 2.40. The molecule has 0 radical (unpaired) electrons. The number of para-hydroxylation sites is 4. The summed E-state index contributed by atoms with van der Waals surface area (Å²) >= 11 is 0. The van der Waals surface area contributed by atoms with Crippen molar-refractivity contribution in [3.8, 4) is 33.6 Å². The van der Waals surface area contributed by atoms with Gasteiger partial charge in [0.2, 0.25) is 0 Å². The number of fused-ring (bicyclic) bond motifs is 8. The van der Waals surface area contributed by atoms with Gasteiger partial charge in [0.1, 0.15) is 10.7 Å². The Labute approximate surface area is 289 Å². The molecule has 0 saturated carbocycles. The Morgan fingerprint density at radius 2 is 0.940 bits per heavy atom. The lowest BCUT2D eigenvalue weighted by molar-refractivity contribution is 0.593. The second-order valence-corrected chi connectivity index (χ2v) is 14.4. The molecule has 1 aliphatic heterocycles. The zero-order valence-electron chi connectivity index (χ0n) is 26.8. The Bertz CT molecular complexity index is 2880. The molecular formula is C44H29N3O2S. The molecular weight excluding hydrogens is 635 g/mol. The lowest BCUT2D eigenvalue weighted by Gasteiger charge is -2.32. The van der Waals surface area contributed by atoms with Gasteiger partial charge in [0.25, 0.3) is 10.0 Å². The molecule has 0 saturated heterocycles. The maximum absolute atomic E-state index is 14.6. The molecule has 0 unspecified atom stereocenters. The average Bonchev–Trinajstić information content (AvgIpc) is 3.68. The average molecular weight is 664 g/mol. The summed E-state index contributed by atoms with van der Waals surface area (Å²) in [7, 11) is -3.95. The first-order valence-corrected chi connectivity index (χ1v) is 18.1. The first-order valence-electron chi connectivity index (χ1n) is 16.6. The van der Waals surface area contributed by atoms with Crippen molar-refractivity contribution in [3.05, 3.63) is 176 Å². The fourth-order valence-corrected chi connectivity index (χ4v) is 9.36. The smallest absolute Gasteiger partial charge is 0.271 e. The molecule has 0 aliphatic carbocycles. The van der Waals surface area contributed by atoms with Crippen LogP contribution in [-0.4, -0.2) is 17.6 Å². The third-order valence-corrected chi connectivity index (χ3v) is 11.6. The van der Waals surface area contributed by atoms with Crippen LogP contribution in [0.2, 0.25) is 0 Å². The first-order chi connectivity index (χ1) is 24.6. The molecule has 10 rings (SSSR count). The topological polar surface area (TPSA) is 47.2 Å². The van der Waals surface area contributed by atoms with Gasteiger partial charge in [-0.05, 0) is 83.4 Å². The largest absolute Gasteiger partial charge is 0.309 e. The van der Waals surface area contributed by atoms with Crippen molar-refractivity contribution in [1.82, 2.24) is 9.13 Å². The van der Waals surface area contributed by atoms with Gasteiger partial charge >= 0.3 is 0 Å². The summed E-state index contributed by atoms with van der Waals surface area (Å²) in [5.41, 5.74) is 9.55. The SMILES string of the molecule is O=S1(=O)c2ccccc2-n2c(c(-c3ccccc3)c3cc(-c4ccc5c(c4)c4ccccc4n5-c4ccccc4)ccc32)N1c1ccccc1. The van der Waals surface area contributed by atoms with Crippen molar-refractivity contribution in [2.24, 2.45) is 0 Å². The van der Waals surface area contributed by atoms with E-state index in [-0.39, 0.29) is 4.90 Å². The van der Waals surface area contributed by atoms with E-state index in [2.05, 4.69) is 106 Å². The second kappa shape index (κ2) is 10.8. The molecule has 0 atom stereocenters. The van der Waals surface area contributed by atoms with Crippen molar-refractivity contribution < 1.29 is 8.42 Å². The van der Waals surface area contributed by atoms with Crippen LogP contribution in [0.15, 0.2) is 181 Å². The predicted molar refractivity (Wildman–Crippen MR) is 204 cm³/mol. The number of rotatable bonds is 4. The molecule has 9 aromatic rings. The Morgan fingerprint density at radius 1 is 0.400 bits per heavy atom. The van der Waals surface area contributed by atoms with E-state index in [1.807, 2.05) is 66.7 Å². The molecule has 0 bridgehead atoms. The maximum atomic E-state index is 14.6. The molecule has 0 N–H and O–H groups in total. The summed E-state index contributed by atoms with van der Waals surface area (Å²) in [6, 6.07) is 59.0. The van der Waals surface area contributed by atoms with Crippen molar-refractivity contribution in [3.63, 3.8) is 0 Å². The zero-order valence-corrected chi connectivity index (χ0v) is 27.6. The summed E-state index contributed by atoms with van der Waals surface area (Å²) < 4.78 is 35.1. The molecule has 1 aliphatic rings. The fourth-order valence-electron chi connectivity index (χ4n) is 7.69. The lowest BCUT2D eigenvalue weighted by atomic mass is 9.98. The van der Waals surface area contributed by atoms with Crippen molar-refractivity contribution in [1.29, 1.82) is 0 Å². The Kier molecular flexibility index (Phi) is 6.19. The summed E-state index contributed by atoms with van der Waals surface area (Å²) in [5, 5.41) is 3.35. The van der Waals surface area contributed by atoms with E-state index in [1.54, 1.807) is 12.1 Å². The van der Waals surface area contributed by atoms with Crippen molar-refractivity contribution in [2.75, 3.05) is 4.31 Å².